The summed E-state index contributed by atoms with van der Waals surface area (Å²) in [5, 5.41) is 2.85. The molecule has 0 aliphatic carbocycles. The van der Waals surface area contributed by atoms with Crippen molar-refractivity contribution in [2.45, 2.75) is 19.6 Å². The maximum absolute atomic E-state index is 12.0. The molecular formula is C15H15ClN2O4. The number of halogens is 1. The molecular weight excluding hydrogens is 308 g/mol. The molecule has 0 aliphatic heterocycles. The van der Waals surface area contributed by atoms with E-state index in [4.69, 9.17) is 26.5 Å². The number of furan rings is 1. The first kappa shape index (κ1) is 15.9. The van der Waals surface area contributed by atoms with E-state index in [2.05, 4.69) is 5.32 Å². The molecule has 2 rings (SSSR count). The Balaban J connectivity index is 1.93. The van der Waals surface area contributed by atoms with Crippen LogP contribution in [-0.2, 0) is 16.1 Å². The van der Waals surface area contributed by atoms with Crippen molar-refractivity contribution < 1.29 is 18.7 Å². The molecule has 0 aliphatic rings. The third kappa shape index (κ3) is 3.79. The van der Waals surface area contributed by atoms with Gasteiger partial charge >= 0.3 is 5.97 Å². The van der Waals surface area contributed by atoms with Crippen LogP contribution in [0.1, 0.15) is 23.0 Å². The van der Waals surface area contributed by atoms with Crippen LogP contribution in [0.5, 0.6) is 0 Å². The number of nitrogens with one attached hydrogen (secondary N) is 1. The van der Waals surface area contributed by atoms with Crippen molar-refractivity contribution in [2.75, 3.05) is 5.73 Å². The first-order chi connectivity index (χ1) is 10.5. The highest BCUT2D eigenvalue weighted by atomic mass is 35.5. The van der Waals surface area contributed by atoms with Crippen molar-refractivity contribution in [3.8, 4) is 0 Å². The molecule has 1 heterocycles. The number of rotatable bonds is 5. The van der Waals surface area contributed by atoms with Crippen molar-refractivity contribution in [3.05, 3.63) is 52.9 Å². The van der Waals surface area contributed by atoms with Gasteiger partial charge in [0, 0.05) is 0 Å². The molecule has 0 radical (unpaired) electrons. The summed E-state index contributed by atoms with van der Waals surface area (Å²) in [6.07, 6.45) is 0.535. The lowest BCUT2D eigenvalue weighted by atomic mass is 10.2. The van der Waals surface area contributed by atoms with Gasteiger partial charge in [-0.2, -0.15) is 0 Å². The molecule has 22 heavy (non-hydrogen) atoms. The summed E-state index contributed by atoms with van der Waals surface area (Å²) in [7, 11) is 0. The number of anilines is 1. The van der Waals surface area contributed by atoms with E-state index in [-0.39, 0.29) is 22.8 Å². The number of nitrogens with two attached hydrogens (primary N) is 1. The molecule has 0 bridgehead atoms. The van der Waals surface area contributed by atoms with Crippen LogP contribution in [0.4, 0.5) is 5.69 Å². The Bertz CT molecular complexity index is 670. The zero-order valence-corrected chi connectivity index (χ0v) is 12.6. The number of hydrogen-bond acceptors (Lipinski definition) is 5. The first-order valence-electron chi connectivity index (χ1n) is 6.54. The van der Waals surface area contributed by atoms with Gasteiger partial charge in [0.1, 0.15) is 5.76 Å². The molecule has 2 aromatic rings. The van der Waals surface area contributed by atoms with Gasteiger partial charge in [0.25, 0.3) is 5.91 Å². The first-order valence-corrected chi connectivity index (χ1v) is 6.92. The van der Waals surface area contributed by atoms with Crippen LogP contribution in [0, 0.1) is 0 Å². The second-order valence-corrected chi connectivity index (χ2v) is 4.95. The van der Waals surface area contributed by atoms with E-state index in [0.29, 0.717) is 5.76 Å². The van der Waals surface area contributed by atoms with Gasteiger partial charge in [-0.15, -0.1) is 0 Å². The zero-order chi connectivity index (χ0) is 16.1. The van der Waals surface area contributed by atoms with Gasteiger partial charge in [-0.1, -0.05) is 17.7 Å². The highest BCUT2D eigenvalue weighted by Gasteiger charge is 2.21. The monoisotopic (exact) mass is 322 g/mol. The summed E-state index contributed by atoms with van der Waals surface area (Å²) in [5.41, 5.74) is 5.96. The van der Waals surface area contributed by atoms with Crippen LogP contribution < -0.4 is 11.1 Å². The SMILES string of the molecule is C[C@H](OC(=O)c1cccc(Cl)c1N)C(=O)NCc1ccco1. The standard InChI is InChI=1S/C15H15ClN2O4/c1-9(14(19)18-8-10-4-3-7-21-10)22-15(20)11-5-2-6-12(16)13(11)17/h2-7,9H,8,17H2,1H3,(H,18,19)/t9-/m0/s1. The van der Waals surface area contributed by atoms with Crippen molar-refractivity contribution in [2.24, 2.45) is 0 Å². The minimum Gasteiger partial charge on any atom is -0.467 e. The molecule has 0 saturated heterocycles. The summed E-state index contributed by atoms with van der Waals surface area (Å²) in [5.74, 6) is -0.544. The minimum atomic E-state index is -0.971. The van der Waals surface area contributed by atoms with Crippen LogP contribution in [0.15, 0.2) is 41.0 Å². The van der Waals surface area contributed by atoms with Crippen LogP contribution in [0.2, 0.25) is 5.02 Å². The Labute approximate surface area is 132 Å². The lowest BCUT2D eigenvalue weighted by Gasteiger charge is -2.14. The smallest absolute Gasteiger partial charge is 0.341 e. The summed E-state index contributed by atoms with van der Waals surface area (Å²) in [4.78, 5) is 23.9. The fourth-order valence-corrected chi connectivity index (χ4v) is 1.90. The van der Waals surface area contributed by atoms with Gasteiger partial charge < -0.3 is 20.2 Å². The van der Waals surface area contributed by atoms with Gasteiger partial charge in [0.15, 0.2) is 6.10 Å². The van der Waals surface area contributed by atoms with Gasteiger partial charge in [-0.3, -0.25) is 4.79 Å². The molecule has 116 valence electrons. The van der Waals surface area contributed by atoms with Gasteiger partial charge in [0.05, 0.1) is 29.1 Å². The zero-order valence-electron chi connectivity index (χ0n) is 11.8. The van der Waals surface area contributed by atoms with Crippen molar-refractivity contribution in [3.63, 3.8) is 0 Å². The normalized spacial score (nSPS) is 11.7. The summed E-state index contributed by atoms with van der Waals surface area (Å²) in [6, 6.07) is 8.07. The number of nitrogen functional groups attached to an aromatic ring is 1. The number of ether oxygens (including phenoxy) is 1. The summed E-state index contributed by atoms with van der Waals surface area (Å²) < 4.78 is 10.2. The fourth-order valence-electron chi connectivity index (χ4n) is 1.72. The second-order valence-electron chi connectivity index (χ2n) is 4.55. The average Bonchev–Trinajstić information content (AvgIpc) is 3.00. The molecule has 3 N–H and O–H groups in total. The third-order valence-corrected chi connectivity index (χ3v) is 3.27. The van der Waals surface area contributed by atoms with Crippen LogP contribution in [0.3, 0.4) is 0 Å². The number of amides is 1. The van der Waals surface area contributed by atoms with Crippen LogP contribution in [-0.4, -0.2) is 18.0 Å². The van der Waals surface area contributed by atoms with Gasteiger partial charge in [0.2, 0.25) is 0 Å². The van der Waals surface area contributed by atoms with E-state index in [1.807, 2.05) is 0 Å². The van der Waals surface area contributed by atoms with E-state index >= 15 is 0 Å². The van der Waals surface area contributed by atoms with Gasteiger partial charge in [-0.05, 0) is 31.2 Å². The van der Waals surface area contributed by atoms with E-state index < -0.39 is 18.0 Å². The summed E-state index contributed by atoms with van der Waals surface area (Å²) >= 11 is 5.84. The number of hydrogen-bond donors (Lipinski definition) is 2. The number of para-hydroxylation sites is 1. The van der Waals surface area contributed by atoms with Crippen LogP contribution >= 0.6 is 11.6 Å². The average molecular weight is 323 g/mol. The molecule has 0 spiro atoms. The molecule has 6 nitrogen and oxygen atoms in total. The summed E-state index contributed by atoms with van der Waals surface area (Å²) in [6.45, 7) is 1.68. The van der Waals surface area contributed by atoms with Crippen molar-refractivity contribution >= 4 is 29.2 Å². The molecule has 7 heteroatoms. The largest absolute Gasteiger partial charge is 0.467 e. The Morgan fingerprint density at radius 2 is 2.14 bits per heavy atom. The Morgan fingerprint density at radius 3 is 2.82 bits per heavy atom. The molecule has 0 unspecified atom stereocenters. The minimum absolute atomic E-state index is 0.123. The molecule has 1 aromatic heterocycles. The maximum Gasteiger partial charge on any atom is 0.341 e. The Kier molecular flexibility index (Phi) is 5.06. The van der Waals surface area contributed by atoms with Crippen LogP contribution in [0.25, 0.3) is 0 Å². The Hall–Kier alpha value is -2.47. The number of esters is 1. The maximum atomic E-state index is 12.0. The second kappa shape index (κ2) is 7.00. The van der Waals surface area contributed by atoms with E-state index in [1.165, 1.54) is 19.3 Å². The highest BCUT2D eigenvalue weighted by molar-refractivity contribution is 6.33. The van der Waals surface area contributed by atoms with E-state index in [1.54, 1.807) is 24.3 Å². The molecule has 1 amide bonds. The van der Waals surface area contributed by atoms with E-state index in [9.17, 15) is 9.59 Å². The third-order valence-electron chi connectivity index (χ3n) is 2.94. The van der Waals surface area contributed by atoms with Crippen molar-refractivity contribution in [1.29, 1.82) is 0 Å². The number of carbonyl (C=O) groups excluding carboxylic acids is 2. The fraction of sp³-hybridized carbons (Fsp3) is 0.200. The predicted octanol–water partition coefficient (Wildman–Crippen LogP) is 2.38. The molecule has 0 fully saturated rings. The topological polar surface area (TPSA) is 94.6 Å². The highest BCUT2D eigenvalue weighted by Crippen LogP contribution is 2.23. The predicted molar refractivity (Wildman–Crippen MR) is 81.3 cm³/mol. The van der Waals surface area contributed by atoms with E-state index in [0.717, 1.165) is 0 Å². The number of benzene rings is 1. The number of carbonyl (C=O) groups is 2. The molecule has 1 aromatic carbocycles. The molecule has 0 saturated carbocycles. The lowest BCUT2D eigenvalue weighted by Crippen LogP contribution is -2.35. The van der Waals surface area contributed by atoms with Crippen molar-refractivity contribution in [1.82, 2.24) is 5.32 Å². The molecule has 1 atom stereocenters. The van der Waals surface area contributed by atoms with Gasteiger partial charge in [-0.25, -0.2) is 4.79 Å². The Morgan fingerprint density at radius 1 is 1.36 bits per heavy atom. The lowest BCUT2D eigenvalue weighted by molar-refractivity contribution is -0.129. The quantitative estimate of drug-likeness (QED) is 0.651.